The van der Waals surface area contributed by atoms with E-state index in [1.807, 2.05) is 30.3 Å². The fourth-order valence-corrected chi connectivity index (χ4v) is 5.37. The average molecular weight is 486 g/mol. The van der Waals surface area contributed by atoms with Crippen molar-refractivity contribution in [3.05, 3.63) is 60.3 Å². The van der Waals surface area contributed by atoms with Crippen LogP contribution in [-0.4, -0.2) is 46.2 Å². The van der Waals surface area contributed by atoms with E-state index in [0.717, 1.165) is 5.56 Å². The number of pyridine rings is 1. The number of benzene rings is 1. The molecule has 4 aromatic rings. The second-order valence-electron chi connectivity index (χ2n) is 7.04. The Hall–Kier alpha value is -3.02. The van der Waals surface area contributed by atoms with Crippen molar-refractivity contribution in [3.63, 3.8) is 0 Å². The molecule has 0 atom stereocenters. The van der Waals surface area contributed by atoms with Gasteiger partial charge in [0, 0.05) is 24.8 Å². The third-order valence-electron chi connectivity index (χ3n) is 4.99. The quantitative estimate of drug-likeness (QED) is 0.318. The van der Waals surface area contributed by atoms with Crippen molar-refractivity contribution in [2.45, 2.75) is 36.4 Å². The van der Waals surface area contributed by atoms with Gasteiger partial charge in [0.2, 0.25) is 15.9 Å². The third kappa shape index (κ3) is 4.85. The second-order valence-corrected chi connectivity index (χ2v) is 9.97. The summed E-state index contributed by atoms with van der Waals surface area (Å²) in [7, 11) is -3.53. The van der Waals surface area contributed by atoms with Gasteiger partial charge in [0.1, 0.15) is 21.9 Å². The summed E-state index contributed by atoms with van der Waals surface area (Å²) >= 11 is 1.37. The molecular weight excluding hydrogens is 462 g/mol. The normalized spacial score (nSPS) is 11.9. The Kier molecular flexibility index (Phi) is 6.91. The van der Waals surface area contributed by atoms with Gasteiger partial charge in [-0.25, -0.2) is 13.4 Å². The summed E-state index contributed by atoms with van der Waals surface area (Å²) in [5.74, 6) is 1.71. The van der Waals surface area contributed by atoms with Crippen molar-refractivity contribution >= 4 is 21.8 Å². The molecule has 4 rings (SSSR count). The van der Waals surface area contributed by atoms with Gasteiger partial charge in [0.25, 0.3) is 5.89 Å². The predicted octanol–water partition coefficient (Wildman–Crippen LogP) is 4.42. The van der Waals surface area contributed by atoms with Crippen LogP contribution >= 0.6 is 11.8 Å². The Morgan fingerprint density at radius 3 is 2.45 bits per heavy atom. The molecule has 0 aliphatic rings. The van der Waals surface area contributed by atoms with E-state index in [4.69, 9.17) is 8.94 Å². The number of hydrogen-bond acceptors (Lipinski definition) is 9. The van der Waals surface area contributed by atoms with E-state index in [1.54, 1.807) is 32.9 Å². The average Bonchev–Trinajstić information content (AvgIpc) is 3.45. The first-order chi connectivity index (χ1) is 15.9. The third-order valence-corrected chi connectivity index (χ3v) is 7.95. The molecule has 0 N–H and O–H groups in total. The van der Waals surface area contributed by atoms with E-state index < -0.39 is 10.0 Å². The summed E-state index contributed by atoms with van der Waals surface area (Å²) in [6, 6.07) is 12.9. The van der Waals surface area contributed by atoms with Crippen LogP contribution in [0.1, 0.15) is 25.5 Å². The van der Waals surface area contributed by atoms with Gasteiger partial charge >= 0.3 is 0 Å². The van der Waals surface area contributed by atoms with Gasteiger partial charge in [-0.15, -0.1) is 10.2 Å². The standard InChI is InChI=1S/C22H23N5O4S2/c1-4-27(5-2)33(28,29)17-11-12-19(23-13-17)32-14-18-24-25-22(30-18)20-15(3)31-26-21(20)16-9-7-6-8-10-16/h6-13H,4-5,14H2,1-3H3. The lowest BCUT2D eigenvalue weighted by Gasteiger charge is -2.18. The molecule has 172 valence electrons. The van der Waals surface area contributed by atoms with E-state index in [9.17, 15) is 8.42 Å². The first-order valence-electron chi connectivity index (χ1n) is 10.4. The molecular formula is C22H23N5O4S2. The fourth-order valence-electron chi connectivity index (χ4n) is 3.28. The number of nitrogens with zero attached hydrogens (tertiary/aromatic N) is 5. The molecule has 33 heavy (non-hydrogen) atoms. The summed E-state index contributed by atoms with van der Waals surface area (Å²) in [6.45, 7) is 6.23. The van der Waals surface area contributed by atoms with Crippen molar-refractivity contribution in [1.29, 1.82) is 0 Å². The van der Waals surface area contributed by atoms with Gasteiger partial charge in [0.05, 0.1) is 10.8 Å². The molecule has 0 amide bonds. The zero-order valence-electron chi connectivity index (χ0n) is 18.4. The lowest BCUT2D eigenvalue weighted by atomic mass is 10.1. The summed E-state index contributed by atoms with van der Waals surface area (Å²) in [4.78, 5) is 4.45. The maximum atomic E-state index is 12.6. The fraction of sp³-hybridized carbons (Fsp3) is 0.273. The minimum absolute atomic E-state index is 0.173. The molecule has 0 aliphatic carbocycles. The van der Waals surface area contributed by atoms with Crippen molar-refractivity contribution in [1.82, 2.24) is 24.6 Å². The number of rotatable bonds is 9. The molecule has 0 unspecified atom stereocenters. The minimum atomic E-state index is -3.53. The van der Waals surface area contributed by atoms with Gasteiger partial charge in [-0.2, -0.15) is 4.31 Å². The lowest BCUT2D eigenvalue weighted by molar-refractivity contribution is 0.399. The molecule has 0 aliphatic heterocycles. The van der Waals surface area contributed by atoms with E-state index >= 15 is 0 Å². The highest BCUT2D eigenvalue weighted by molar-refractivity contribution is 7.98. The smallest absolute Gasteiger partial charge is 0.253 e. The predicted molar refractivity (Wildman–Crippen MR) is 124 cm³/mol. The molecule has 11 heteroatoms. The largest absolute Gasteiger partial charge is 0.420 e. The maximum absolute atomic E-state index is 12.6. The van der Waals surface area contributed by atoms with Gasteiger partial charge in [-0.05, 0) is 19.1 Å². The lowest BCUT2D eigenvalue weighted by Crippen LogP contribution is -2.30. The number of aromatic nitrogens is 4. The Morgan fingerprint density at radius 2 is 1.79 bits per heavy atom. The molecule has 3 heterocycles. The molecule has 0 spiro atoms. The molecule has 0 fully saturated rings. The van der Waals surface area contributed by atoms with Crippen LogP contribution in [0, 0.1) is 6.92 Å². The molecule has 3 aromatic heterocycles. The highest BCUT2D eigenvalue weighted by Gasteiger charge is 2.23. The Morgan fingerprint density at radius 1 is 1.03 bits per heavy atom. The summed E-state index contributed by atoms with van der Waals surface area (Å²) < 4.78 is 37.8. The Labute approximate surface area is 196 Å². The van der Waals surface area contributed by atoms with E-state index in [1.165, 1.54) is 22.3 Å². The molecule has 1 aromatic carbocycles. The van der Waals surface area contributed by atoms with Crippen LogP contribution in [0.2, 0.25) is 0 Å². The molecule has 0 saturated carbocycles. The number of aryl methyl sites for hydroxylation is 1. The highest BCUT2D eigenvalue weighted by atomic mass is 32.2. The zero-order chi connectivity index (χ0) is 23.4. The minimum Gasteiger partial charge on any atom is -0.420 e. The van der Waals surface area contributed by atoms with Crippen LogP contribution < -0.4 is 0 Å². The first-order valence-corrected chi connectivity index (χ1v) is 12.8. The van der Waals surface area contributed by atoms with Crippen molar-refractivity contribution in [2.75, 3.05) is 13.1 Å². The molecule has 0 bridgehead atoms. The Balaban J connectivity index is 1.47. The van der Waals surface area contributed by atoms with Crippen LogP contribution in [0.25, 0.3) is 22.7 Å². The van der Waals surface area contributed by atoms with Gasteiger partial charge in [-0.3, -0.25) is 0 Å². The molecule has 9 nitrogen and oxygen atoms in total. The van der Waals surface area contributed by atoms with Gasteiger partial charge in [-0.1, -0.05) is 61.1 Å². The number of thioether (sulfide) groups is 1. The second kappa shape index (κ2) is 9.86. The summed E-state index contributed by atoms with van der Waals surface area (Å²) in [5.41, 5.74) is 2.19. The maximum Gasteiger partial charge on any atom is 0.253 e. The number of hydrogen-bond donors (Lipinski definition) is 0. The van der Waals surface area contributed by atoms with E-state index in [0.29, 0.717) is 52.7 Å². The van der Waals surface area contributed by atoms with Crippen LogP contribution in [-0.2, 0) is 15.8 Å². The first kappa shape index (κ1) is 23.1. The van der Waals surface area contributed by atoms with E-state index in [2.05, 4.69) is 20.3 Å². The van der Waals surface area contributed by atoms with Gasteiger partial charge < -0.3 is 8.94 Å². The van der Waals surface area contributed by atoms with Crippen LogP contribution in [0.5, 0.6) is 0 Å². The van der Waals surface area contributed by atoms with Crippen molar-refractivity contribution < 1.29 is 17.4 Å². The summed E-state index contributed by atoms with van der Waals surface area (Å²) in [5, 5.41) is 13.1. The highest BCUT2D eigenvalue weighted by Crippen LogP contribution is 2.34. The molecule has 0 saturated heterocycles. The van der Waals surface area contributed by atoms with E-state index in [-0.39, 0.29) is 4.90 Å². The SMILES string of the molecule is CCN(CC)S(=O)(=O)c1ccc(SCc2nnc(-c3c(-c4ccccc4)noc3C)o2)nc1. The monoisotopic (exact) mass is 485 g/mol. The molecule has 0 radical (unpaired) electrons. The van der Waals surface area contributed by atoms with Crippen LogP contribution in [0.15, 0.2) is 67.5 Å². The summed E-state index contributed by atoms with van der Waals surface area (Å²) in [6.07, 6.45) is 1.38. The van der Waals surface area contributed by atoms with Crippen molar-refractivity contribution in [3.8, 4) is 22.7 Å². The zero-order valence-corrected chi connectivity index (χ0v) is 20.1. The van der Waals surface area contributed by atoms with Gasteiger partial charge in [0.15, 0.2) is 0 Å². The Bertz CT molecular complexity index is 1310. The van der Waals surface area contributed by atoms with Crippen LogP contribution in [0.4, 0.5) is 0 Å². The van der Waals surface area contributed by atoms with Crippen LogP contribution in [0.3, 0.4) is 0 Å². The topological polar surface area (TPSA) is 115 Å². The number of sulfonamides is 1. The van der Waals surface area contributed by atoms with Crippen molar-refractivity contribution in [2.24, 2.45) is 0 Å².